The molecule has 0 radical (unpaired) electrons. The Morgan fingerprint density at radius 3 is 2.17 bits per heavy atom. The Morgan fingerprint density at radius 2 is 1.49 bits per heavy atom. The molecule has 7 aromatic rings. The number of halogens is 6. The van der Waals surface area contributed by atoms with Gasteiger partial charge in [-0.1, -0.05) is 98.0 Å². The quantitative estimate of drug-likeness (QED) is 0.0286. The number of nitriles is 1. The van der Waals surface area contributed by atoms with Crippen molar-refractivity contribution in [3.63, 3.8) is 0 Å². The third kappa shape index (κ3) is 17.0. The number of nitrogens with zero attached hydrogens (tertiary/aromatic N) is 6. The summed E-state index contributed by atoms with van der Waals surface area (Å²) in [6, 6.07) is 24.8. The van der Waals surface area contributed by atoms with Gasteiger partial charge in [0, 0.05) is 105 Å². The zero-order valence-corrected chi connectivity index (χ0v) is 55.8. The first-order chi connectivity index (χ1) is 45.5. The Bertz CT molecular complexity index is 3990. The zero-order chi connectivity index (χ0) is 68.1. The van der Waals surface area contributed by atoms with Gasteiger partial charge < -0.3 is 64.8 Å². The fourth-order valence-corrected chi connectivity index (χ4v) is 12.7. The number of aromatic nitrogens is 2. The van der Waals surface area contributed by atoms with Gasteiger partial charge in [-0.2, -0.15) is 10.2 Å². The van der Waals surface area contributed by atoms with Gasteiger partial charge in [-0.05, 0) is 88.3 Å². The molecule has 504 valence electrons. The van der Waals surface area contributed by atoms with Crippen molar-refractivity contribution >= 4 is 97.6 Å². The minimum atomic E-state index is -1.83. The van der Waals surface area contributed by atoms with Gasteiger partial charge in [0.15, 0.2) is 5.82 Å². The van der Waals surface area contributed by atoms with Crippen LogP contribution >= 0.6 is 34.8 Å². The Labute approximate surface area is 564 Å². The second kappa shape index (κ2) is 32.1. The third-order valence-electron chi connectivity index (χ3n) is 16.7. The third-order valence-corrected chi connectivity index (χ3v) is 17.5. The number of amides is 4. The highest BCUT2D eigenvalue weighted by atomic mass is 35.5. The molecule has 2 aliphatic heterocycles. The number of hydrogen-bond donors (Lipinski definition) is 5. The topological polar surface area (TPSA) is 242 Å². The van der Waals surface area contributed by atoms with Gasteiger partial charge in [0.2, 0.25) is 23.7 Å². The molecule has 3 heterocycles. The summed E-state index contributed by atoms with van der Waals surface area (Å²) in [6.07, 6.45) is 0.352. The lowest BCUT2D eigenvalue weighted by Gasteiger charge is -2.37. The number of ether oxygens (including phenoxy) is 5. The molecule has 2 fully saturated rings. The Balaban J connectivity index is 0.671. The molecule has 20 nitrogen and oxygen atoms in total. The molecule has 5 N–H and O–H groups in total. The highest BCUT2D eigenvalue weighted by Crippen LogP contribution is 2.53. The van der Waals surface area contributed by atoms with Crippen LogP contribution in [0.5, 0.6) is 11.5 Å². The lowest BCUT2D eigenvalue weighted by atomic mass is 9.62. The number of phenols is 1. The van der Waals surface area contributed by atoms with Crippen molar-refractivity contribution in [3.8, 4) is 28.7 Å². The van der Waals surface area contributed by atoms with Crippen molar-refractivity contribution in [2.45, 2.75) is 64.0 Å². The normalized spacial score (nSPS) is 17.2. The van der Waals surface area contributed by atoms with E-state index in [2.05, 4.69) is 32.3 Å². The average molecular weight is 1370 g/mol. The van der Waals surface area contributed by atoms with Crippen molar-refractivity contribution in [2.24, 2.45) is 5.41 Å². The van der Waals surface area contributed by atoms with Gasteiger partial charge in [0.05, 0.1) is 87.8 Å². The van der Waals surface area contributed by atoms with Crippen molar-refractivity contribution in [2.75, 3.05) is 128 Å². The largest absolute Gasteiger partial charge is 0.508 e. The summed E-state index contributed by atoms with van der Waals surface area (Å²) in [4.78, 5) is 67.8. The number of likely N-dealkylation sites (N-methyl/N-ethyl adjacent to an activating group) is 1. The van der Waals surface area contributed by atoms with Crippen molar-refractivity contribution < 1.29 is 61.1 Å². The maximum absolute atomic E-state index is 17.0. The summed E-state index contributed by atoms with van der Waals surface area (Å²) >= 11 is 19.4. The standard InChI is InChI=1S/C69H76Cl3F3N10O10/c1-41(86)84-21-23-85(24-22-84)64-49-38-52(72)58(48-37-45(87)34-42-10-7-8-11-46(42)48)61(75)62(49)81-67(82-64)78-19-18-57(88)83(5)25-27-93-29-31-95-33-32-94-30-28-92-26-20-77-65(89)43-14-17-54(55(35-43)91-6)79-66(90)63-59(47-12-9-13-51(71)60(47)74)69(40-76,56(80-63)39-68(2,3)4)50-16-15-44(70)36-53(50)73/h7-17,34-38,56,59,63,80,87H,18-33,39H2,1-6H3,(H,77,89)(H,79,90)(H,78,81,82)/t56-,59-,63+,69-/m0/s1. The van der Waals surface area contributed by atoms with E-state index in [1.165, 1.54) is 68.6 Å². The Hall–Kier alpha value is -8.05. The van der Waals surface area contributed by atoms with E-state index in [0.717, 1.165) is 6.07 Å². The highest BCUT2D eigenvalue weighted by Gasteiger charge is 2.61. The number of carbonyl (C=O) groups excluding carboxylic acids is 4. The number of hydrogen-bond acceptors (Lipinski definition) is 16. The number of benzene rings is 6. The lowest BCUT2D eigenvalue weighted by molar-refractivity contribution is -0.130. The van der Waals surface area contributed by atoms with Crippen LogP contribution in [0.15, 0.2) is 97.1 Å². The van der Waals surface area contributed by atoms with Crippen molar-refractivity contribution in [1.29, 1.82) is 5.26 Å². The molecule has 0 saturated carbocycles. The smallest absolute Gasteiger partial charge is 0.251 e. The van der Waals surface area contributed by atoms with Crippen LogP contribution in [0.25, 0.3) is 32.8 Å². The number of phenolic OH excluding ortho intramolecular Hbond substituents is 1. The SMILES string of the molecule is COc1cc(C(=O)NCCOCCOCCOCCOCCN(C)C(=O)CCNc2nc(N3CCN(C(C)=O)CC3)c3cc(Cl)c(-c4cc(O)cc5ccccc45)c(F)c3n2)ccc1NC(=O)[C@@H]1N[C@@H](CC(C)(C)C)[C@](C#N)(c2ccc(Cl)cc2F)[C@H]1c1cccc(Cl)c1F. The summed E-state index contributed by atoms with van der Waals surface area (Å²) in [5.41, 5.74) is -1.54. The van der Waals surface area contributed by atoms with E-state index in [-0.39, 0.29) is 137 Å². The van der Waals surface area contributed by atoms with E-state index in [1.54, 1.807) is 29.0 Å². The Morgan fingerprint density at radius 1 is 0.800 bits per heavy atom. The number of methoxy groups -OCH3 is 1. The van der Waals surface area contributed by atoms with E-state index in [1.807, 2.05) is 49.9 Å². The molecule has 0 unspecified atom stereocenters. The molecular weight excluding hydrogens is 1290 g/mol. The summed E-state index contributed by atoms with van der Waals surface area (Å²) in [7, 11) is 3.04. The molecule has 6 aromatic carbocycles. The summed E-state index contributed by atoms with van der Waals surface area (Å²) in [6.45, 7) is 11.9. The number of fused-ring (bicyclic) bond motifs is 2. The monoisotopic (exact) mass is 1370 g/mol. The fourth-order valence-electron chi connectivity index (χ4n) is 12.1. The molecule has 2 saturated heterocycles. The number of aromatic hydroxyl groups is 1. The van der Waals surface area contributed by atoms with Crippen LogP contribution in [-0.2, 0) is 38.7 Å². The van der Waals surface area contributed by atoms with Crippen LogP contribution in [0.1, 0.15) is 67.9 Å². The molecule has 4 amide bonds. The highest BCUT2D eigenvalue weighted by molar-refractivity contribution is 6.35. The first kappa shape index (κ1) is 71.2. The van der Waals surface area contributed by atoms with E-state index in [9.17, 15) is 29.5 Å². The van der Waals surface area contributed by atoms with E-state index in [4.69, 9.17) is 63.5 Å². The van der Waals surface area contributed by atoms with Gasteiger partial charge in [-0.25, -0.2) is 18.2 Å². The molecule has 0 bridgehead atoms. The average Bonchev–Trinajstić information content (AvgIpc) is 1.17. The first-order valence-corrected chi connectivity index (χ1v) is 32.2. The van der Waals surface area contributed by atoms with E-state index < -0.39 is 58.1 Å². The number of carbonyl (C=O) groups is 4. The maximum atomic E-state index is 17.0. The molecule has 95 heavy (non-hydrogen) atoms. The lowest BCUT2D eigenvalue weighted by Crippen LogP contribution is -2.48. The predicted octanol–water partition coefficient (Wildman–Crippen LogP) is 10.9. The van der Waals surface area contributed by atoms with Crippen LogP contribution in [0.4, 0.5) is 30.6 Å². The molecule has 2 aliphatic rings. The van der Waals surface area contributed by atoms with Crippen LogP contribution < -0.4 is 30.9 Å². The fraction of sp³-hybridized carbons (Fsp3) is 0.406. The Kier molecular flexibility index (Phi) is 24.1. The van der Waals surface area contributed by atoms with Crippen LogP contribution in [-0.4, -0.2) is 173 Å². The molecule has 0 aliphatic carbocycles. The molecule has 1 aromatic heterocycles. The zero-order valence-electron chi connectivity index (χ0n) is 53.6. The van der Waals surface area contributed by atoms with Crippen LogP contribution in [0.2, 0.25) is 15.1 Å². The number of rotatable bonds is 28. The van der Waals surface area contributed by atoms with E-state index >= 15 is 13.2 Å². The summed E-state index contributed by atoms with van der Waals surface area (Å²) in [5.74, 6) is -4.37. The van der Waals surface area contributed by atoms with Crippen LogP contribution in [0.3, 0.4) is 0 Å². The molecule has 26 heteroatoms. The maximum Gasteiger partial charge on any atom is 0.251 e. The molecule has 0 spiro atoms. The minimum Gasteiger partial charge on any atom is -0.508 e. The predicted molar refractivity (Wildman–Crippen MR) is 359 cm³/mol. The van der Waals surface area contributed by atoms with Gasteiger partial charge in [-0.3, -0.25) is 19.2 Å². The van der Waals surface area contributed by atoms with Gasteiger partial charge in [-0.15, -0.1) is 0 Å². The summed E-state index contributed by atoms with van der Waals surface area (Å²) in [5, 5.41) is 35.6. The second-order valence-corrected chi connectivity index (χ2v) is 25.6. The number of anilines is 3. The van der Waals surface area contributed by atoms with Crippen LogP contribution in [0, 0.1) is 34.2 Å². The van der Waals surface area contributed by atoms with Gasteiger partial charge in [0.25, 0.3) is 5.91 Å². The molecule has 4 atom stereocenters. The molecule has 9 rings (SSSR count). The minimum absolute atomic E-state index is 0.000149. The second-order valence-electron chi connectivity index (χ2n) is 24.3. The van der Waals surface area contributed by atoms with Crippen molar-refractivity contribution in [3.05, 3.63) is 146 Å². The molecular formula is C69H76Cl3F3N10O10. The van der Waals surface area contributed by atoms with Gasteiger partial charge >= 0.3 is 0 Å². The summed E-state index contributed by atoms with van der Waals surface area (Å²) < 4.78 is 77.5. The van der Waals surface area contributed by atoms with E-state index in [0.29, 0.717) is 80.1 Å². The number of piperazine rings is 1. The van der Waals surface area contributed by atoms with Crippen molar-refractivity contribution in [1.82, 2.24) is 30.4 Å². The van der Waals surface area contributed by atoms with Gasteiger partial charge in [0.1, 0.15) is 39.9 Å². The number of nitrogens with one attached hydrogen (secondary N) is 4. The first-order valence-electron chi connectivity index (χ1n) is 31.1.